The van der Waals surface area contributed by atoms with Gasteiger partial charge in [-0.15, -0.1) is 11.8 Å². The van der Waals surface area contributed by atoms with Crippen LogP contribution in [-0.4, -0.2) is 26.6 Å². The van der Waals surface area contributed by atoms with Crippen molar-refractivity contribution in [2.75, 3.05) is 5.75 Å². The largest absolute Gasteiger partial charge is 0.480 e. The van der Waals surface area contributed by atoms with Gasteiger partial charge >= 0.3 is 5.97 Å². The van der Waals surface area contributed by atoms with Crippen molar-refractivity contribution < 1.29 is 14.4 Å². The number of carboxylic acid groups (broad SMARTS) is 1. The van der Waals surface area contributed by atoms with Crippen molar-refractivity contribution in [1.29, 1.82) is 0 Å². The van der Waals surface area contributed by atoms with Crippen molar-refractivity contribution in [2.24, 2.45) is 0 Å². The van der Waals surface area contributed by atoms with Gasteiger partial charge in [-0.2, -0.15) is 0 Å². The third-order valence-electron chi connectivity index (χ3n) is 5.05. The quantitative estimate of drug-likeness (QED) is 0.741. The van der Waals surface area contributed by atoms with Gasteiger partial charge in [-0.05, 0) is 24.3 Å². The molecule has 7 heteroatoms. The van der Waals surface area contributed by atoms with E-state index in [9.17, 15) is 14.7 Å². The number of nitrogens with zero attached hydrogens (tertiary/aromatic N) is 2. The van der Waals surface area contributed by atoms with Gasteiger partial charge in [0, 0.05) is 29.0 Å². The van der Waals surface area contributed by atoms with Crippen molar-refractivity contribution in [3.05, 3.63) is 58.4 Å². The van der Waals surface area contributed by atoms with E-state index in [1.807, 2.05) is 36.4 Å². The van der Waals surface area contributed by atoms with Crippen molar-refractivity contribution in [3.8, 4) is 22.6 Å². The number of benzene rings is 1. The van der Waals surface area contributed by atoms with E-state index >= 15 is 0 Å². The Balaban J connectivity index is 1.66. The maximum Gasteiger partial charge on any atom is 0.327 e. The van der Waals surface area contributed by atoms with Crippen LogP contribution in [0.1, 0.15) is 30.4 Å². The normalized spacial score (nSPS) is 18.4. The molecule has 136 valence electrons. The minimum atomic E-state index is -0.969. The van der Waals surface area contributed by atoms with Gasteiger partial charge in [0.25, 0.3) is 5.56 Å². The van der Waals surface area contributed by atoms with Crippen LogP contribution in [0.15, 0.2) is 56.8 Å². The average molecular weight is 380 g/mol. The molecule has 1 atom stereocenters. The van der Waals surface area contributed by atoms with Gasteiger partial charge in [-0.25, -0.2) is 4.79 Å². The average Bonchev–Trinajstić information content (AvgIpc) is 3.20. The molecule has 0 amide bonds. The van der Waals surface area contributed by atoms with Gasteiger partial charge in [0.15, 0.2) is 5.76 Å². The molecule has 3 aromatic rings. The molecule has 0 spiro atoms. The minimum Gasteiger partial charge on any atom is -0.480 e. The van der Waals surface area contributed by atoms with E-state index in [-0.39, 0.29) is 5.56 Å². The molecule has 1 aliphatic heterocycles. The van der Waals surface area contributed by atoms with E-state index in [0.717, 1.165) is 34.6 Å². The van der Waals surface area contributed by atoms with Crippen molar-refractivity contribution in [3.63, 3.8) is 0 Å². The van der Waals surface area contributed by atoms with Crippen LogP contribution in [0.4, 0.5) is 0 Å². The van der Waals surface area contributed by atoms with E-state index in [1.54, 1.807) is 0 Å². The van der Waals surface area contributed by atoms with Crippen LogP contribution < -0.4 is 5.56 Å². The minimum absolute atomic E-state index is 0.306. The topological polar surface area (TPSA) is 85.3 Å². The highest BCUT2D eigenvalue weighted by molar-refractivity contribution is 7.99. The van der Waals surface area contributed by atoms with Crippen LogP contribution in [0, 0.1) is 0 Å². The predicted molar refractivity (Wildman–Crippen MR) is 101 cm³/mol. The molecule has 0 bridgehead atoms. The van der Waals surface area contributed by atoms with E-state index in [0.29, 0.717) is 23.1 Å². The Hall–Kier alpha value is -2.80. The van der Waals surface area contributed by atoms with Gasteiger partial charge in [0.1, 0.15) is 11.7 Å². The van der Waals surface area contributed by atoms with Crippen molar-refractivity contribution >= 4 is 17.7 Å². The van der Waals surface area contributed by atoms with E-state index < -0.39 is 12.0 Å². The molecule has 1 unspecified atom stereocenters. The Labute approximate surface area is 158 Å². The zero-order valence-electron chi connectivity index (χ0n) is 14.3. The Morgan fingerprint density at radius 3 is 2.70 bits per heavy atom. The Bertz CT molecular complexity index is 1100. The number of aliphatic carboxylic acids is 1. The molecule has 5 rings (SSSR count). The summed E-state index contributed by atoms with van der Waals surface area (Å²) < 4.78 is 7.02. The molecule has 0 radical (unpaired) electrons. The molecule has 1 fully saturated rings. The first-order chi connectivity index (χ1) is 13.1. The highest BCUT2D eigenvalue weighted by atomic mass is 32.2. The summed E-state index contributed by atoms with van der Waals surface area (Å²) in [5.74, 6) is 0.297. The molecular formula is C20H16N2O4S. The van der Waals surface area contributed by atoms with Gasteiger partial charge in [0.2, 0.25) is 0 Å². The maximum absolute atomic E-state index is 12.7. The summed E-state index contributed by atoms with van der Waals surface area (Å²) in [6.07, 6.45) is 2.08. The van der Waals surface area contributed by atoms with Crippen LogP contribution >= 0.6 is 11.8 Å². The first-order valence-corrected chi connectivity index (χ1v) is 9.79. The van der Waals surface area contributed by atoms with Crippen molar-refractivity contribution in [2.45, 2.75) is 29.8 Å². The predicted octanol–water partition coefficient (Wildman–Crippen LogP) is 3.78. The first-order valence-electron chi connectivity index (χ1n) is 8.81. The molecular weight excluding hydrogens is 364 g/mol. The first kappa shape index (κ1) is 16.4. The maximum atomic E-state index is 12.7. The molecule has 0 saturated heterocycles. The van der Waals surface area contributed by atoms with Gasteiger partial charge in [0.05, 0.1) is 5.03 Å². The van der Waals surface area contributed by atoms with Crippen LogP contribution in [0.3, 0.4) is 0 Å². The molecule has 3 heterocycles. The third-order valence-corrected chi connectivity index (χ3v) is 6.22. The lowest BCUT2D eigenvalue weighted by atomic mass is 10.0. The Morgan fingerprint density at radius 1 is 1.22 bits per heavy atom. The van der Waals surface area contributed by atoms with Gasteiger partial charge in [-0.1, -0.05) is 35.5 Å². The summed E-state index contributed by atoms with van der Waals surface area (Å²) in [6.45, 7) is 0. The SMILES string of the molecule is O=C(O)C1CSc2c(C3CC3)c(-c3cc(-c4ccccc4)no3)cc(=O)n21. The molecule has 27 heavy (non-hydrogen) atoms. The van der Waals surface area contributed by atoms with Crippen LogP contribution in [-0.2, 0) is 4.79 Å². The Morgan fingerprint density at radius 2 is 2.00 bits per heavy atom. The standard InChI is InChI=1S/C20H16N2O4S/c23-17-8-13(16-9-14(21-26-16)11-4-2-1-3-5-11)18(12-6-7-12)19-22(17)15(10-27-19)20(24)25/h1-5,8-9,12,15H,6-7,10H2,(H,24,25). The second-order valence-electron chi connectivity index (χ2n) is 6.87. The second-order valence-corrected chi connectivity index (χ2v) is 7.88. The Kier molecular flexibility index (Phi) is 3.72. The van der Waals surface area contributed by atoms with Crippen LogP contribution in [0.5, 0.6) is 0 Å². The summed E-state index contributed by atoms with van der Waals surface area (Å²) in [4.78, 5) is 24.2. The third kappa shape index (κ3) is 2.70. The number of carboxylic acids is 1. The van der Waals surface area contributed by atoms with E-state index in [4.69, 9.17) is 4.52 Å². The zero-order valence-corrected chi connectivity index (χ0v) is 15.1. The summed E-state index contributed by atoms with van der Waals surface area (Å²) in [5, 5.41) is 14.4. The van der Waals surface area contributed by atoms with Gasteiger partial charge < -0.3 is 9.63 Å². The molecule has 1 aromatic carbocycles. The fourth-order valence-corrected chi connectivity index (χ4v) is 4.99. The molecule has 2 aliphatic rings. The van der Waals surface area contributed by atoms with Crippen LogP contribution in [0.2, 0.25) is 0 Å². The number of pyridine rings is 1. The summed E-state index contributed by atoms with van der Waals surface area (Å²) >= 11 is 1.45. The van der Waals surface area contributed by atoms with Crippen LogP contribution in [0.25, 0.3) is 22.6 Å². The summed E-state index contributed by atoms with van der Waals surface area (Å²) in [5.41, 5.74) is 3.11. The lowest BCUT2D eigenvalue weighted by Crippen LogP contribution is -2.29. The number of rotatable bonds is 4. The summed E-state index contributed by atoms with van der Waals surface area (Å²) in [6, 6.07) is 12.3. The number of thioether (sulfide) groups is 1. The van der Waals surface area contributed by atoms with Gasteiger partial charge in [-0.3, -0.25) is 9.36 Å². The highest BCUT2D eigenvalue weighted by Crippen LogP contribution is 2.50. The fraction of sp³-hybridized carbons (Fsp3) is 0.250. The summed E-state index contributed by atoms with van der Waals surface area (Å²) in [7, 11) is 0. The lowest BCUT2D eigenvalue weighted by molar-refractivity contribution is -0.140. The number of hydrogen-bond acceptors (Lipinski definition) is 5. The van der Waals surface area contributed by atoms with E-state index in [1.165, 1.54) is 22.4 Å². The number of carbonyl (C=O) groups is 1. The monoisotopic (exact) mass is 380 g/mol. The zero-order chi connectivity index (χ0) is 18.5. The molecule has 1 saturated carbocycles. The number of hydrogen-bond donors (Lipinski definition) is 1. The number of fused-ring (bicyclic) bond motifs is 1. The lowest BCUT2D eigenvalue weighted by Gasteiger charge is -2.14. The number of aromatic nitrogens is 2. The molecule has 1 N–H and O–H groups in total. The smallest absolute Gasteiger partial charge is 0.327 e. The molecule has 1 aliphatic carbocycles. The second kappa shape index (κ2) is 6.13. The molecule has 2 aromatic heterocycles. The van der Waals surface area contributed by atoms with E-state index in [2.05, 4.69) is 5.16 Å². The highest BCUT2D eigenvalue weighted by Gasteiger charge is 2.38. The fourth-order valence-electron chi connectivity index (χ4n) is 3.59. The van der Waals surface area contributed by atoms with Crippen molar-refractivity contribution in [1.82, 2.24) is 9.72 Å². The molecule has 6 nitrogen and oxygen atoms in total.